The number of rotatable bonds is 6. The van der Waals surface area contributed by atoms with E-state index in [1.54, 1.807) is 37.3 Å². The molecule has 6 nitrogen and oxygen atoms in total. The number of para-hydroxylation sites is 1. The van der Waals surface area contributed by atoms with Crippen molar-refractivity contribution in [2.24, 2.45) is 0 Å². The number of halogens is 3. The van der Waals surface area contributed by atoms with Crippen LogP contribution in [0.4, 0.5) is 13.2 Å². The molecule has 1 atom stereocenters. The maximum Gasteiger partial charge on any atom is 0.416 e. The third-order valence-corrected chi connectivity index (χ3v) is 7.50. The molecule has 0 bridgehead atoms. The summed E-state index contributed by atoms with van der Waals surface area (Å²) >= 11 is 0.936. The van der Waals surface area contributed by atoms with Gasteiger partial charge in [0.05, 0.1) is 21.8 Å². The predicted molar refractivity (Wildman–Crippen MR) is 154 cm³/mol. The van der Waals surface area contributed by atoms with Gasteiger partial charge in [-0.2, -0.15) is 18.4 Å². The zero-order valence-corrected chi connectivity index (χ0v) is 22.9. The zero-order chi connectivity index (χ0) is 29.9. The van der Waals surface area contributed by atoms with Gasteiger partial charge in [0.1, 0.15) is 22.3 Å². The first-order chi connectivity index (χ1) is 20.2. The van der Waals surface area contributed by atoms with E-state index in [4.69, 9.17) is 4.42 Å². The van der Waals surface area contributed by atoms with E-state index in [2.05, 4.69) is 5.32 Å². The van der Waals surface area contributed by atoms with Crippen molar-refractivity contribution in [3.63, 3.8) is 0 Å². The summed E-state index contributed by atoms with van der Waals surface area (Å²) in [5, 5.41) is 12.9. The van der Waals surface area contributed by atoms with Crippen molar-refractivity contribution in [2.45, 2.75) is 19.1 Å². The Morgan fingerprint density at radius 3 is 2.36 bits per heavy atom. The van der Waals surface area contributed by atoms with Crippen molar-refractivity contribution < 1.29 is 22.4 Å². The number of nitrogens with zero attached hydrogens (tertiary/aromatic N) is 2. The molecular formula is C32H22F3N3O3S. The number of aromatic nitrogens is 1. The summed E-state index contributed by atoms with van der Waals surface area (Å²) in [6.07, 6.45) is -3.07. The number of alkyl halides is 3. The molecule has 3 aromatic carbocycles. The maximum atomic E-state index is 13.6. The smallest absolute Gasteiger partial charge is 0.416 e. The van der Waals surface area contributed by atoms with Gasteiger partial charge in [0, 0.05) is 11.6 Å². The first-order valence-corrected chi connectivity index (χ1v) is 13.5. The van der Waals surface area contributed by atoms with Crippen molar-refractivity contribution in [1.29, 1.82) is 5.26 Å². The average molecular weight is 586 g/mol. The summed E-state index contributed by atoms with van der Waals surface area (Å²) in [4.78, 5) is 26.9. The van der Waals surface area contributed by atoms with Crippen LogP contribution in [0.5, 0.6) is 0 Å². The number of nitriles is 1. The number of nitrogens with one attached hydrogen (secondary N) is 1. The molecule has 0 aliphatic rings. The molecule has 0 aliphatic heterocycles. The van der Waals surface area contributed by atoms with Crippen molar-refractivity contribution in [3.8, 4) is 23.1 Å². The molecule has 0 fully saturated rings. The van der Waals surface area contributed by atoms with Crippen LogP contribution in [0.2, 0.25) is 0 Å². The van der Waals surface area contributed by atoms with Gasteiger partial charge in [-0.15, -0.1) is 11.3 Å². The molecule has 10 heteroatoms. The first kappa shape index (κ1) is 28.4. The Morgan fingerprint density at radius 1 is 1.00 bits per heavy atom. The van der Waals surface area contributed by atoms with Crippen LogP contribution in [-0.2, 0) is 11.0 Å². The number of hydrogen-bond acceptors (Lipinski definition) is 5. The molecular weight excluding hydrogens is 563 g/mol. The first-order valence-electron chi connectivity index (χ1n) is 12.7. The van der Waals surface area contributed by atoms with Crippen LogP contribution in [0, 0.1) is 11.3 Å². The number of thiazole rings is 1. The Bertz CT molecular complexity index is 1970. The number of carbonyl (C=O) groups excluding carboxylic acids is 1. The number of benzene rings is 3. The van der Waals surface area contributed by atoms with Crippen LogP contribution in [-0.4, -0.2) is 10.5 Å². The van der Waals surface area contributed by atoms with E-state index < -0.39 is 29.2 Å². The SMILES string of the molecule is C[C@H](NC(=O)/C(C#N)=c1\s/c(=C\c2ccc(-c3cccc(C(F)(F)F)c3)o2)c(=O)n1-c1ccccc1)c1ccccc1. The largest absolute Gasteiger partial charge is 0.457 e. The highest BCUT2D eigenvalue weighted by Crippen LogP contribution is 2.32. The molecule has 1 N–H and O–H groups in total. The van der Waals surface area contributed by atoms with E-state index in [-0.39, 0.29) is 31.9 Å². The second kappa shape index (κ2) is 11.8. The summed E-state index contributed by atoms with van der Waals surface area (Å²) < 4.78 is 46.9. The monoisotopic (exact) mass is 585 g/mol. The second-order valence-electron chi connectivity index (χ2n) is 9.27. The minimum Gasteiger partial charge on any atom is -0.457 e. The Labute approximate surface area is 241 Å². The lowest BCUT2D eigenvalue weighted by Gasteiger charge is -2.13. The van der Waals surface area contributed by atoms with Crippen LogP contribution in [0.3, 0.4) is 0 Å². The van der Waals surface area contributed by atoms with E-state index in [1.807, 2.05) is 36.4 Å². The third-order valence-electron chi connectivity index (χ3n) is 6.41. The van der Waals surface area contributed by atoms with Crippen molar-refractivity contribution in [3.05, 3.63) is 133 Å². The molecule has 0 spiro atoms. The lowest BCUT2D eigenvalue weighted by molar-refractivity contribution is -0.137. The number of hydrogen-bond donors (Lipinski definition) is 1. The summed E-state index contributed by atoms with van der Waals surface area (Å²) in [6.45, 7) is 1.79. The normalized spacial score (nSPS) is 13.4. The number of amides is 1. The molecule has 2 heterocycles. The van der Waals surface area contributed by atoms with Gasteiger partial charge in [-0.05, 0) is 48.9 Å². The highest BCUT2D eigenvalue weighted by molar-refractivity contribution is 7.07. The quantitative estimate of drug-likeness (QED) is 0.283. The molecule has 0 unspecified atom stereocenters. The summed E-state index contributed by atoms with van der Waals surface area (Å²) in [7, 11) is 0. The number of furan rings is 1. The summed E-state index contributed by atoms with van der Waals surface area (Å²) in [5.41, 5.74) is -0.0212. The van der Waals surface area contributed by atoms with E-state index in [1.165, 1.54) is 34.9 Å². The molecule has 0 radical (unpaired) electrons. The Morgan fingerprint density at radius 2 is 1.69 bits per heavy atom. The molecule has 0 saturated heterocycles. The molecule has 0 aliphatic carbocycles. The third kappa shape index (κ3) is 5.96. The topological polar surface area (TPSA) is 88.0 Å². The second-order valence-corrected chi connectivity index (χ2v) is 10.3. The molecule has 5 aromatic rings. The summed E-state index contributed by atoms with van der Waals surface area (Å²) in [6, 6.07) is 27.2. The van der Waals surface area contributed by atoms with Crippen LogP contribution in [0.25, 0.3) is 28.7 Å². The molecule has 5 rings (SSSR count). The zero-order valence-electron chi connectivity index (χ0n) is 22.1. The van der Waals surface area contributed by atoms with Crippen LogP contribution >= 0.6 is 11.3 Å². The minimum atomic E-state index is -4.51. The fourth-order valence-electron chi connectivity index (χ4n) is 4.31. The van der Waals surface area contributed by atoms with E-state index in [9.17, 15) is 28.0 Å². The lowest BCUT2D eigenvalue weighted by Crippen LogP contribution is -2.34. The van der Waals surface area contributed by atoms with Gasteiger partial charge in [-0.25, -0.2) is 0 Å². The standard InChI is InChI=1S/C32H22F3N3O3S/c1-20(21-9-4-2-5-10-21)37-29(39)26(19-36)31-38(24-13-6-3-7-14-24)30(40)28(42-31)18-25-15-16-27(41-25)22-11-8-12-23(17-22)32(33,34)35/h2-18,20H,1H3,(H,37,39)/b28-18-,31-26-/t20-/m0/s1. The van der Waals surface area contributed by atoms with Crippen molar-refractivity contribution >= 4 is 28.9 Å². The van der Waals surface area contributed by atoms with Gasteiger partial charge < -0.3 is 9.73 Å². The Hall–Kier alpha value is -5.14. The molecule has 210 valence electrons. The van der Waals surface area contributed by atoms with Gasteiger partial charge in [-0.3, -0.25) is 14.2 Å². The molecule has 42 heavy (non-hydrogen) atoms. The van der Waals surface area contributed by atoms with Crippen LogP contribution in [0.15, 0.2) is 106 Å². The fourth-order valence-corrected chi connectivity index (χ4v) is 5.40. The average Bonchev–Trinajstić information content (AvgIpc) is 3.58. The van der Waals surface area contributed by atoms with Crippen molar-refractivity contribution in [2.75, 3.05) is 0 Å². The highest BCUT2D eigenvalue weighted by atomic mass is 32.1. The summed E-state index contributed by atoms with van der Waals surface area (Å²) in [5.74, 6) is -0.240. The number of carbonyl (C=O) groups is 1. The Balaban J connectivity index is 1.60. The van der Waals surface area contributed by atoms with E-state index in [0.29, 0.717) is 5.69 Å². The van der Waals surface area contributed by atoms with Crippen LogP contribution < -0.4 is 20.1 Å². The lowest BCUT2D eigenvalue weighted by atomic mass is 10.1. The predicted octanol–water partition coefficient (Wildman–Crippen LogP) is 5.56. The van der Waals surface area contributed by atoms with Gasteiger partial charge in [0.2, 0.25) is 0 Å². The van der Waals surface area contributed by atoms with Gasteiger partial charge in [0.25, 0.3) is 11.5 Å². The van der Waals surface area contributed by atoms with E-state index >= 15 is 0 Å². The molecule has 1 amide bonds. The van der Waals surface area contributed by atoms with Gasteiger partial charge >= 0.3 is 6.18 Å². The molecule has 0 saturated carbocycles. The fraction of sp³-hybridized carbons (Fsp3) is 0.0938. The van der Waals surface area contributed by atoms with E-state index in [0.717, 1.165) is 29.0 Å². The maximum absolute atomic E-state index is 13.6. The molecule has 2 aromatic heterocycles. The van der Waals surface area contributed by atoms with Gasteiger partial charge in [0.15, 0.2) is 5.57 Å². The van der Waals surface area contributed by atoms with Crippen molar-refractivity contribution in [1.82, 2.24) is 9.88 Å². The van der Waals surface area contributed by atoms with Gasteiger partial charge in [-0.1, -0.05) is 60.7 Å². The van der Waals surface area contributed by atoms with Crippen LogP contribution in [0.1, 0.15) is 29.9 Å². The highest BCUT2D eigenvalue weighted by Gasteiger charge is 2.30. The Kier molecular flexibility index (Phi) is 7.95. The minimum absolute atomic E-state index is 0.127.